The summed E-state index contributed by atoms with van der Waals surface area (Å²) in [4.78, 5) is 12.7. The van der Waals surface area contributed by atoms with Crippen molar-refractivity contribution in [3.63, 3.8) is 0 Å². The number of aliphatic hydroxyl groups is 1. The second kappa shape index (κ2) is 5.20. The summed E-state index contributed by atoms with van der Waals surface area (Å²) in [7, 11) is 3.14. The highest BCUT2D eigenvalue weighted by molar-refractivity contribution is 5.66. The largest absolute Gasteiger partial charge is 0.453 e. The third-order valence-electron chi connectivity index (χ3n) is 2.93. The molecule has 0 aromatic carbocycles. The second-order valence-electron chi connectivity index (χ2n) is 4.08. The summed E-state index contributed by atoms with van der Waals surface area (Å²) in [5, 5.41) is 8.97. The first-order valence-corrected chi connectivity index (χ1v) is 5.07. The number of hydrogen-bond acceptors (Lipinski definition) is 3. The number of methoxy groups -OCH3 is 1. The van der Waals surface area contributed by atoms with Crippen molar-refractivity contribution in [1.82, 2.24) is 4.90 Å². The van der Waals surface area contributed by atoms with Gasteiger partial charge in [-0.15, -0.1) is 0 Å². The van der Waals surface area contributed by atoms with Crippen LogP contribution in [0.2, 0.25) is 0 Å². The molecule has 1 aliphatic carbocycles. The molecule has 0 heterocycles. The Hall–Kier alpha value is -0.770. The zero-order chi connectivity index (χ0) is 10.6. The van der Waals surface area contributed by atoms with Gasteiger partial charge < -0.3 is 14.7 Å². The first-order valence-electron chi connectivity index (χ1n) is 5.07. The number of amides is 1. The van der Waals surface area contributed by atoms with E-state index in [1.54, 1.807) is 11.9 Å². The van der Waals surface area contributed by atoms with Gasteiger partial charge in [-0.05, 0) is 31.1 Å². The maximum Gasteiger partial charge on any atom is 0.409 e. The van der Waals surface area contributed by atoms with Gasteiger partial charge in [0.25, 0.3) is 0 Å². The molecule has 1 fully saturated rings. The van der Waals surface area contributed by atoms with Gasteiger partial charge in [0.2, 0.25) is 0 Å². The SMILES string of the molecule is COC(=O)N(C)CC1CCC(CO)C1. The third kappa shape index (κ3) is 2.87. The predicted octanol–water partition coefficient (Wildman–Crippen LogP) is 1.09. The Kier molecular flexibility index (Phi) is 4.20. The Balaban J connectivity index is 2.28. The van der Waals surface area contributed by atoms with Crippen molar-refractivity contribution in [1.29, 1.82) is 0 Å². The standard InChI is InChI=1S/C10H19NO3/c1-11(10(13)14-2)6-8-3-4-9(5-8)7-12/h8-9,12H,3-7H2,1-2H3. The Bertz CT molecular complexity index is 196. The van der Waals surface area contributed by atoms with Crippen LogP contribution >= 0.6 is 0 Å². The van der Waals surface area contributed by atoms with Crippen LogP contribution in [0.15, 0.2) is 0 Å². The van der Waals surface area contributed by atoms with Gasteiger partial charge in [-0.25, -0.2) is 4.79 Å². The summed E-state index contributed by atoms with van der Waals surface area (Å²) in [6.45, 7) is 1.02. The molecule has 2 unspecified atom stereocenters. The van der Waals surface area contributed by atoms with Crippen molar-refractivity contribution < 1.29 is 14.6 Å². The molecule has 4 heteroatoms. The van der Waals surface area contributed by atoms with Gasteiger partial charge in [-0.1, -0.05) is 0 Å². The van der Waals surface area contributed by atoms with E-state index in [2.05, 4.69) is 4.74 Å². The van der Waals surface area contributed by atoms with Crippen LogP contribution in [0.3, 0.4) is 0 Å². The van der Waals surface area contributed by atoms with Crippen molar-refractivity contribution in [3.05, 3.63) is 0 Å². The zero-order valence-corrected chi connectivity index (χ0v) is 8.90. The number of carbonyl (C=O) groups is 1. The van der Waals surface area contributed by atoms with E-state index < -0.39 is 0 Å². The van der Waals surface area contributed by atoms with Gasteiger partial charge in [0.1, 0.15) is 0 Å². The lowest BCUT2D eigenvalue weighted by Gasteiger charge is -2.19. The molecular weight excluding hydrogens is 182 g/mol. The molecule has 0 spiro atoms. The van der Waals surface area contributed by atoms with E-state index in [0.29, 0.717) is 11.8 Å². The molecule has 0 saturated heterocycles. The quantitative estimate of drug-likeness (QED) is 0.743. The van der Waals surface area contributed by atoms with Crippen molar-refractivity contribution in [3.8, 4) is 0 Å². The minimum atomic E-state index is -0.280. The molecule has 1 amide bonds. The van der Waals surface area contributed by atoms with Crippen LogP contribution in [0.1, 0.15) is 19.3 Å². The summed E-state index contributed by atoms with van der Waals surface area (Å²) >= 11 is 0. The number of nitrogens with zero attached hydrogens (tertiary/aromatic N) is 1. The second-order valence-corrected chi connectivity index (χ2v) is 4.08. The monoisotopic (exact) mass is 201 g/mol. The summed E-state index contributed by atoms with van der Waals surface area (Å²) in [5.41, 5.74) is 0. The van der Waals surface area contributed by atoms with Crippen LogP contribution in [-0.4, -0.2) is 43.4 Å². The molecule has 1 aliphatic rings. The minimum Gasteiger partial charge on any atom is -0.453 e. The average Bonchev–Trinajstić information content (AvgIpc) is 2.64. The molecule has 0 bridgehead atoms. The maximum atomic E-state index is 11.1. The fourth-order valence-electron chi connectivity index (χ4n) is 2.13. The molecule has 1 saturated carbocycles. The van der Waals surface area contributed by atoms with Crippen LogP contribution in [0.25, 0.3) is 0 Å². The van der Waals surface area contributed by atoms with E-state index in [4.69, 9.17) is 5.11 Å². The molecule has 4 nitrogen and oxygen atoms in total. The molecule has 14 heavy (non-hydrogen) atoms. The maximum absolute atomic E-state index is 11.1. The van der Waals surface area contributed by atoms with Gasteiger partial charge in [-0.2, -0.15) is 0 Å². The topological polar surface area (TPSA) is 49.8 Å². The van der Waals surface area contributed by atoms with E-state index in [1.165, 1.54) is 7.11 Å². The first kappa shape index (κ1) is 11.3. The van der Waals surface area contributed by atoms with Crippen LogP contribution < -0.4 is 0 Å². The number of carbonyl (C=O) groups excluding carboxylic acids is 1. The number of aliphatic hydroxyl groups excluding tert-OH is 1. The highest BCUT2D eigenvalue weighted by atomic mass is 16.5. The Morgan fingerprint density at radius 1 is 1.50 bits per heavy atom. The summed E-state index contributed by atoms with van der Waals surface area (Å²) in [6.07, 6.45) is 2.93. The third-order valence-corrected chi connectivity index (χ3v) is 2.93. The highest BCUT2D eigenvalue weighted by Gasteiger charge is 2.26. The Morgan fingerprint density at radius 3 is 2.64 bits per heavy atom. The first-order chi connectivity index (χ1) is 6.67. The molecule has 0 aromatic rings. The molecule has 2 atom stereocenters. The van der Waals surface area contributed by atoms with Gasteiger partial charge in [0.15, 0.2) is 0 Å². The van der Waals surface area contributed by atoms with Crippen molar-refractivity contribution in [2.24, 2.45) is 11.8 Å². The molecule has 1 rings (SSSR count). The lowest BCUT2D eigenvalue weighted by Crippen LogP contribution is -2.31. The van der Waals surface area contributed by atoms with Crippen LogP contribution in [0.4, 0.5) is 4.79 Å². The fourth-order valence-corrected chi connectivity index (χ4v) is 2.13. The van der Waals surface area contributed by atoms with Gasteiger partial charge >= 0.3 is 6.09 Å². The van der Waals surface area contributed by atoms with E-state index in [0.717, 1.165) is 25.8 Å². The normalized spacial score (nSPS) is 26.2. The molecule has 0 radical (unpaired) electrons. The van der Waals surface area contributed by atoms with Crippen LogP contribution in [-0.2, 0) is 4.74 Å². The van der Waals surface area contributed by atoms with Gasteiger partial charge in [-0.3, -0.25) is 0 Å². The van der Waals surface area contributed by atoms with E-state index in [9.17, 15) is 4.79 Å². The molecular formula is C10H19NO3. The molecule has 0 aliphatic heterocycles. The molecule has 0 aromatic heterocycles. The van der Waals surface area contributed by atoms with Gasteiger partial charge in [0.05, 0.1) is 7.11 Å². The Morgan fingerprint density at radius 2 is 2.14 bits per heavy atom. The van der Waals surface area contributed by atoms with Crippen molar-refractivity contribution in [2.45, 2.75) is 19.3 Å². The number of rotatable bonds is 3. The van der Waals surface area contributed by atoms with Gasteiger partial charge in [0, 0.05) is 20.2 Å². The average molecular weight is 201 g/mol. The zero-order valence-electron chi connectivity index (χ0n) is 8.90. The predicted molar refractivity (Wildman–Crippen MR) is 53.0 cm³/mol. The van der Waals surface area contributed by atoms with E-state index in [1.807, 2.05) is 0 Å². The van der Waals surface area contributed by atoms with Crippen LogP contribution in [0.5, 0.6) is 0 Å². The lowest BCUT2D eigenvalue weighted by atomic mass is 10.1. The fraction of sp³-hybridized carbons (Fsp3) is 0.900. The summed E-state index contributed by atoms with van der Waals surface area (Å²) < 4.78 is 4.61. The highest BCUT2D eigenvalue weighted by Crippen LogP contribution is 2.30. The number of hydrogen-bond donors (Lipinski definition) is 1. The smallest absolute Gasteiger partial charge is 0.409 e. The van der Waals surface area contributed by atoms with Crippen molar-refractivity contribution in [2.75, 3.05) is 27.3 Å². The number of ether oxygens (including phenoxy) is 1. The summed E-state index contributed by atoms with van der Waals surface area (Å²) in [6, 6.07) is 0. The van der Waals surface area contributed by atoms with Crippen molar-refractivity contribution >= 4 is 6.09 Å². The molecule has 82 valence electrons. The minimum absolute atomic E-state index is 0.276. The summed E-state index contributed by atoms with van der Waals surface area (Å²) in [5.74, 6) is 0.960. The lowest BCUT2D eigenvalue weighted by molar-refractivity contribution is 0.126. The Labute approximate surface area is 84.8 Å². The van der Waals surface area contributed by atoms with E-state index >= 15 is 0 Å². The van der Waals surface area contributed by atoms with E-state index in [-0.39, 0.29) is 12.7 Å². The van der Waals surface area contributed by atoms with Crippen LogP contribution in [0, 0.1) is 11.8 Å². The molecule has 1 N–H and O–H groups in total.